The van der Waals surface area contributed by atoms with Crippen LogP contribution in [0.15, 0.2) is 109 Å². The molecule has 0 aliphatic carbocycles. The van der Waals surface area contributed by atoms with Crippen LogP contribution in [-0.4, -0.2) is 37.2 Å². The molecule has 1 atom stereocenters. The number of hydrogen-bond donors (Lipinski definition) is 0. The largest absolute Gasteiger partial charge is 0.462 e. The molecule has 0 amide bonds. The Balaban J connectivity index is 4.51. The van der Waals surface area contributed by atoms with Crippen molar-refractivity contribution in [2.45, 2.75) is 264 Å². The zero-order valence-electron chi connectivity index (χ0n) is 45.5. The van der Waals surface area contributed by atoms with Gasteiger partial charge in [-0.15, -0.1) is 0 Å². The Kier molecular flexibility index (Phi) is 54.4. The van der Waals surface area contributed by atoms with Gasteiger partial charge >= 0.3 is 17.9 Å². The lowest BCUT2D eigenvalue weighted by molar-refractivity contribution is -0.166. The molecule has 0 aromatic rings. The summed E-state index contributed by atoms with van der Waals surface area (Å²) in [5, 5.41) is 0. The Labute approximate surface area is 431 Å². The Morgan fingerprint density at radius 2 is 0.586 bits per heavy atom. The van der Waals surface area contributed by atoms with Crippen molar-refractivity contribution in [2.75, 3.05) is 13.2 Å². The van der Waals surface area contributed by atoms with E-state index in [1.807, 2.05) is 6.08 Å². The minimum Gasteiger partial charge on any atom is -0.462 e. The molecule has 0 heterocycles. The number of ether oxygens (including phenoxy) is 3. The fourth-order valence-corrected chi connectivity index (χ4v) is 7.78. The topological polar surface area (TPSA) is 78.9 Å². The monoisotopic (exact) mass is 971 g/mol. The third-order valence-electron chi connectivity index (χ3n) is 12.0. The molecule has 6 nitrogen and oxygen atoms in total. The van der Waals surface area contributed by atoms with Gasteiger partial charge in [0.1, 0.15) is 13.2 Å². The van der Waals surface area contributed by atoms with Gasteiger partial charge in [0.2, 0.25) is 0 Å². The third-order valence-corrected chi connectivity index (χ3v) is 12.0. The molecule has 0 N–H and O–H groups in total. The first kappa shape index (κ1) is 66.1. The fraction of sp³-hybridized carbons (Fsp3) is 0.672. The van der Waals surface area contributed by atoms with Crippen LogP contribution in [-0.2, 0) is 28.6 Å². The average Bonchev–Trinajstić information content (AvgIpc) is 3.36. The van der Waals surface area contributed by atoms with Crippen molar-refractivity contribution in [3.63, 3.8) is 0 Å². The van der Waals surface area contributed by atoms with E-state index < -0.39 is 6.10 Å². The molecular weight excluding hydrogens is 865 g/mol. The van der Waals surface area contributed by atoms with Crippen molar-refractivity contribution >= 4 is 17.9 Å². The van der Waals surface area contributed by atoms with Crippen molar-refractivity contribution in [3.8, 4) is 0 Å². The first-order valence-electron chi connectivity index (χ1n) is 28.9. The molecule has 0 rings (SSSR count). The normalized spacial score (nSPS) is 12.9. The highest BCUT2D eigenvalue weighted by molar-refractivity contribution is 5.71. The highest BCUT2D eigenvalue weighted by Gasteiger charge is 2.19. The quantitative estimate of drug-likeness (QED) is 0.0262. The summed E-state index contributed by atoms with van der Waals surface area (Å²) < 4.78 is 16.8. The standard InChI is InChI=1S/C64H106O6/c1-4-7-10-13-16-19-22-25-28-30-32-34-36-39-42-45-48-51-54-57-63(66)69-60-61(59-68-62(65)56-53-50-47-44-41-38-35-27-24-21-18-15-12-9-6-3)70-64(67)58-55-52-49-46-43-40-37-33-31-29-26-23-20-17-14-11-8-5-2/h7,9-10,12,16,18-19,21,25,27-28,32,34-35,39,42,48,51,61H,4-6,8,11,13-15,17,20,22-24,26,29-31,33,36-38,40-41,43-47,49-50,52-60H2,1-3H3/b10-7-,12-9-,19-16-,21-18-,28-25-,34-32-,35-27-,42-39-,51-48-/t61-/m1/s1. The number of hydrogen-bond acceptors (Lipinski definition) is 6. The Morgan fingerprint density at radius 3 is 0.957 bits per heavy atom. The van der Waals surface area contributed by atoms with Gasteiger partial charge in [-0.05, 0) is 89.9 Å². The number of carbonyl (C=O) groups excluding carboxylic acids is 3. The van der Waals surface area contributed by atoms with Crippen LogP contribution in [0.3, 0.4) is 0 Å². The molecule has 0 saturated heterocycles. The van der Waals surface area contributed by atoms with Crippen molar-refractivity contribution in [1.82, 2.24) is 0 Å². The zero-order valence-corrected chi connectivity index (χ0v) is 45.5. The van der Waals surface area contributed by atoms with Gasteiger partial charge in [-0.3, -0.25) is 14.4 Å². The maximum atomic E-state index is 12.9. The van der Waals surface area contributed by atoms with E-state index >= 15 is 0 Å². The number of allylic oxidation sites excluding steroid dienone is 18. The second-order valence-corrected chi connectivity index (χ2v) is 18.8. The van der Waals surface area contributed by atoms with E-state index in [1.54, 1.807) is 0 Å². The molecule has 70 heavy (non-hydrogen) atoms. The van der Waals surface area contributed by atoms with E-state index in [0.717, 1.165) is 116 Å². The predicted octanol–water partition coefficient (Wildman–Crippen LogP) is 19.5. The summed E-state index contributed by atoms with van der Waals surface area (Å²) in [5.41, 5.74) is 0. The maximum absolute atomic E-state index is 12.9. The molecule has 0 aromatic heterocycles. The molecule has 0 aliphatic heterocycles. The summed E-state index contributed by atoms with van der Waals surface area (Å²) >= 11 is 0. The van der Waals surface area contributed by atoms with Crippen LogP contribution in [0.4, 0.5) is 0 Å². The Hall–Kier alpha value is -3.93. The Morgan fingerprint density at radius 1 is 0.300 bits per heavy atom. The van der Waals surface area contributed by atoms with Gasteiger partial charge in [0.05, 0.1) is 0 Å². The van der Waals surface area contributed by atoms with E-state index in [1.165, 1.54) is 96.3 Å². The van der Waals surface area contributed by atoms with E-state index in [4.69, 9.17) is 14.2 Å². The molecule has 6 heteroatoms. The van der Waals surface area contributed by atoms with Crippen molar-refractivity contribution in [1.29, 1.82) is 0 Å². The molecule has 0 radical (unpaired) electrons. The predicted molar refractivity (Wildman–Crippen MR) is 302 cm³/mol. The Bertz CT molecular complexity index is 1440. The van der Waals surface area contributed by atoms with Gasteiger partial charge in [0, 0.05) is 19.3 Å². The van der Waals surface area contributed by atoms with Crippen LogP contribution in [0.25, 0.3) is 0 Å². The second kappa shape index (κ2) is 57.6. The summed E-state index contributed by atoms with van der Waals surface area (Å²) in [6, 6.07) is 0. The number of carbonyl (C=O) groups is 3. The maximum Gasteiger partial charge on any atom is 0.306 e. The average molecular weight is 972 g/mol. The number of rotatable bonds is 51. The second-order valence-electron chi connectivity index (χ2n) is 18.8. The lowest BCUT2D eigenvalue weighted by Gasteiger charge is -2.18. The van der Waals surface area contributed by atoms with Crippen molar-refractivity contribution < 1.29 is 28.6 Å². The molecular formula is C64H106O6. The van der Waals surface area contributed by atoms with Crippen molar-refractivity contribution in [2.24, 2.45) is 0 Å². The van der Waals surface area contributed by atoms with Crippen LogP contribution in [0.1, 0.15) is 258 Å². The lowest BCUT2D eigenvalue weighted by atomic mass is 10.0. The van der Waals surface area contributed by atoms with E-state index in [-0.39, 0.29) is 37.5 Å². The summed E-state index contributed by atoms with van der Waals surface area (Å²) in [4.78, 5) is 38.1. The molecule has 0 bridgehead atoms. The molecule has 398 valence electrons. The van der Waals surface area contributed by atoms with E-state index in [9.17, 15) is 14.4 Å². The summed E-state index contributed by atoms with van der Waals surface area (Å²) in [7, 11) is 0. The molecule has 0 unspecified atom stereocenters. The summed E-state index contributed by atoms with van der Waals surface area (Å²) in [6.45, 7) is 6.35. The van der Waals surface area contributed by atoms with Gasteiger partial charge in [0.25, 0.3) is 0 Å². The zero-order chi connectivity index (χ0) is 50.7. The number of esters is 3. The van der Waals surface area contributed by atoms with E-state index in [0.29, 0.717) is 19.3 Å². The fourth-order valence-electron chi connectivity index (χ4n) is 7.78. The van der Waals surface area contributed by atoms with Crippen LogP contribution in [0.5, 0.6) is 0 Å². The van der Waals surface area contributed by atoms with Gasteiger partial charge in [-0.2, -0.15) is 0 Å². The number of unbranched alkanes of at least 4 members (excludes halogenated alkanes) is 22. The summed E-state index contributed by atoms with van der Waals surface area (Å²) in [5.74, 6) is -1.01. The van der Waals surface area contributed by atoms with Crippen LogP contribution in [0, 0.1) is 0 Å². The van der Waals surface area contributed by atoms with Crippen LogP contribution in [0.2, 0.25) is 0 Å². The molecule has 0 spiro atoms. The van der Waals surface area contributed by atoms with Gasteiger partial charge in [0.15, 0.2) is 6.10 Å². The van der Waals surface area contributed by atoms with Crippen LogP contribution >= 0.6 is 0 Å². The first-order valence-corrected chi connectivity index (χ1v) is 28.9. The highest BCUT2D eigenvalue weighted by Crippen LogP contribution is 2.16. The molecule has 0 fully saturated rings. The minimum absolute atomic E-state index is 0.110. The van der Waals surface area contributed by atoms with E-state index in [2.05, 4.69) is 124 Å². The molecule has 0 saturated carbocycles. The van der Waals surface area contributed by atoms with Gasteiger partial charge < -0.3 is 14.2 Å². The highest BCUT2D eigenvalue weighted by atomic mass is 16.6. The van der Waals surface area contributed by atoms with Gasteiger partial charge in [-0.25, -0.2) is 0 Å². The third kappa shape index (κ3) is 55.0. The van der Waals surface area contributed by atoms with Crippen LogP contribution < -0.4 is 0 Å². The molecule has 0 aromatic carbocycles. The molecule has 0 aliphatic rings. The smallest absolute Gasteiger partial charge is 0.306 e. The summed E-state index contributed by atoms with van der Waals surface area (Å²) in [6.07, 6.45) is 78.1. The van der Waals surface area contributed by atoms with Gasteiger partial charge in [-0.1, -0.05) is 259 Å². The lowest BCUT2D eigenvalue weighted by Crippen LogP contribution is -2.30. The SMILES string of the molecule is CC/C=C\C/C=C\C/C=C\C/C=C\C/C=C\C/C=C\CCC(=O)OC[C@@H](COC(=O)CCCCCCC/C=C\C/C=C\C/C=C\CC)OC(=O)CCCCCCCCCCCCCCCCCCCC. The first-order chi connectivity index (χ1) is 34.5. The van der Waals surface area contributed by atoms with Crippen molar-refractivity contribution in [3.05, 3.63) is 109 Å². The minimum atomic E-state index is -0.816.